The minimum absolute atomic E-state index is 0.196. The Labute approximate surface area is 133 Å². The van der Waals surface area contributed by atoms with Gasteiger partial charge in [0.2, 0.25) is 0 Å². The average molecular weight is 369 g/mol. The first-order chi connectivity index (χ1) is 9.94. The van der Waals surface area contributed by atoms with Crippen LogP contribution < -0.4 is 0 Å². The monoisotopic (exact) mass is 368 g/mol. The first-order valence-corrected chi connectivity index (χ1v) is 9.47. The highest BCUT2D eigenvalue weighted by molar-refractivity contribution is 9.09. The fraction of sp³-hybridized carbons (Fsp3) is 0.250. The quantitative estimate of drug-likeness (QED) is 0.585. The highest BCUT2D eigenvalue weighted by Gasteiger charge is 2.13. The van der Waals surface area contributed by atoms with Gasteiger partial charge < -0.3 is 9.79 Å². The van der Waals surface area contributed by atoms with Crippen LogP contribution in [0.5, 0.6) is 0 Å². The zero-order valence-corrected chi connectivity index (χ0v) is 14.0. The van der Waals surface area contributed by atoms with E-state index in [1.165, 1.54) is 11.1 Å². The van der Waals surface area contributed by atoms with Crippen molar-refractivity contribution in [3.63, 3.8) is 0 Å². The van der Waals surface area contributed by atoms with Gasteiger partial charge in [-0.3, -0.25) is 4.57 Å². The fourth-order valence-corrected chi connectivity index (χ4v) is 3.39. The maximum atomic E-state index is 10.9. The van der Waals surface area contributed by atoms with E-state index in [0.717, 1.165) is 12.8 Å². The van der Waals surface area contributed by atoms with Gasteiger partial charge in [0.15, 0.2) is 0 Å². The Balaban J connectivity index is 1.91. The molecule has 0 amide bonds. The second-order valence-corrected chi connectivity index (χ2v) is 7.81. The summed E-state index contributed by atoms with van der Waals surface area (Å²) in [6.07, 6.45) is 1.70. The molecule has 0 aromatic heterocycles. The van der Waals surface area contributed by atoms with Crippen LogP contribution in [0.4, 0.5) is 0 Å². The van der Waals surface area contributed by atoms with Crippen LogP contribution in [0.15, 0.2) is 54.6 Å². The highest BCUT2D eigenvalue weighted by Crippen LogP contribution is 2.39. The molecule has 0 spiro atoms. The van der Waals surface area contributed by atoms with Gasteiger partial charge in [-0.25, -0.2) is 0 Å². The molecule has 0 saturated carbocycles. The molecule has 0 aliphatic carbocycles. The normalized spacial score (nSPS) is 13.1. The molecular weight excluding hydrogens is 351 g/mol. The smallest absolute Gasteiger partial charge is 0.324 e. The molecule has 0 saturated heterocycles. The third-order valence-corrected chi connectivity index (χ3v) is 5.02. The SMILES string of the molecule is O=P(O)(O)Cc1ccc(CCC(Br)c2ccccc2)cc1. The maximum absolute atomic E-state index is 10.9. The molecule has 3 nitrogen and oxygen atoms in total. The predicted octanol–water partition coefficient (Wildman–Crippen LogP) is 4.43. The lowest BCUT2D eigenvalue weighted by Crippen LogP contribution is -1.94. The van der Waals surface area contributed by atoms with Gasteiger partial charge >= 0.3 is 7.60 Å². The summed E-state index contributed by atoms with van der Waals surface area (Å²) in [4.78, 5) is 18.2. The second kappa shape index (κ2) is 7.37. The van der Waals surface area contributed by atoms with Crippen molar-refractivity contribution in [2.24, 2.45) is 0 Å². The van der Waals surface area contributed by atoms with Crippen LogP contribution >= 0.6 is 23.5 Å². The van der Waals surface area contributed by atoms with E-state index in [1.54, 1.807) is 12.1 Å². The highest BCUT2D eigenvalue weighted by atomic mass is 79.9. The van der Waals surface area contributed by atoms with E-state index in [9.17, 15) is 4.57 Å². The van der Waals surface area contributed by atoms with Gasteiger partial charge in [-0.2, -0.15) is 0 Å². The summed E-state index contributed by atoms with van der Waals surface area (Å²) in [6, 6.07) is 17.7. The largest absolute Gasteiger partial charge is 0.329 e. The summed E-state index contributed by atoms with van der Waals surface area (Å²) in [5.41, 5.74) is 3.10. The molecule has 21 heavy (non-hydrogen) atoms. The molecule has 2 aromatic rings. The molecule has 0 aliphatic rings. The number of hydrogen-bond acceptors (Lipinski definition) is 1. The Bertz CT molecular complexity index is 607. The number of halogens is 1. The Kier molecular flexibility index (Phi) is 5.77. The number of alkyl halides is 1. The Morgan fingerprint density at radius 2 is 1.52 bits per heavy atom. The van der Waals surface area contributed by atoms with E-state index >= 15 is 0 Å². The summed E-state index contributed by atoms with van der Waals surface area (Å²) in [5, 5.41) is 0. The van der Waals surface area contributed by atoms with Gasteiger partial charge in [-0.15, -0.1) is 0 Å². The molecule has 2 aromatic carbocycles. The lowest BCUT2D eigenvalue weighted by Gasteiger charge is -2.10. The molecule has 1 atom stereocenters. The molecular formula is C16H18BrO3P. The molecule has 2 N–H and O–H groups in total. The Morgan fingerprint density at radius 3 is 2.10 bits per heavy atom. The molecule has 0 aliphatic heterocycles. The van der Waals surface area contributed by atoms with Crippen molar-refractivity contribution in [2.75, 3.05) is 0 Å². The van der Waals surface area contributed by atoms with E-state index in [0.29, 0.717) is 10.4 Å². The fourth-order valence-electron chi connectivity index (χ4n) is 2.17. The summed E-state index contributed by atoms with van der Waals surface area (Å²) < 4.78 is 10.9. The first-order valence-electron chi connectivity index (χ1n) is 6.75. The van der Waals surface area contributed by atoms with Gasteiger partial charge in [0, 0.05) is 4.83 Å². The molecule has 2 rings (SSSR count). The summed E-state index contributed by atoms with van der Waals surface area (Å²) in [6.45, 7) is 0. The number of aryl methyl sites for hydroxylation is 1. The summed E-state index contributed by atoms with van der Waals surface area (Å²) in [7, 11) is -3.98. The number of hydrogen-bond donors (Lipinski definition) is 2. The number of benzene rings is 2. The minimum Gasteiger partial charge on any atom is -0.324 e. The van der Waals surface area contributed by atoms with Gasteiger partial charge in [0.1, 0.15) is 0 Å². The van der Waals surface area contributed by atoms with Crippen LogP contribution in [0, 0.1) is 0 Å². The van der Waals surface area contributed by atoms with Gasteiger partial charge in [0.05, 0.1) is 6.16 Å². The van der Waals surface area contributed by atoms with Gasteiger partial charge in [-0.05, 0) is 29.5 Å². The third-order valence-electron chi connectivity index (χ3n) is 3.26. The van der Waals surface area contributed by atoms with E-state index < -0.39 is 7.60 Å². The van der Waals surface area contributed by atoms with E-state index in [1.807, 2.05) is 30.3 Å². The maximum Gasteiger partial charge on any atom is 0.329 e. The first kappa shape index (κ1) is 16.4. The summed E-state index contributed by atoms with van der Waals surface area (Å²) >= 11 is 3.69. The van der Waals surface area contributed by atoms with E-state index in [2.05, 4.69) is 28.1 Å². The molecule has 0 bridgehead atoms. The number of rotatable bonds is 6. The van der Waals surface area contributed by atoms with E-state index in [4.69, 9.17) is 9.79 Å². The van der Waals surface area contributed by atoms with Crippen LogP contribution in [0.25, 0.3) is 0 Å². The van der Waals surface area contributed by atoms with Crippen molar-refractivity contribution < 1.29 is 14.4 Å². The Hall–Kier alpha value is -0.930. The summed E-state index contributed by atoms with van der Waals surface area (Å²) in [5.74, 6) is 0. The molecule has 0 heterocycles. The third kappa shape index (κ3) is 5.76. The van der Waals surface area contributed by atoms with Crippen LogP contribution in [0.3, 0.4) is 0 Å². The van der Waals surface area contributed by atoms with Crippen LogP contribution in [-0.4, -0.2) is 9.79 Å². The zero-order valence-electron chi connectivity index (χ0n) is 11.5. The van der Waals surface area contributed by atoms with Crippen molar-refractivity contribution >= 4 is 23.5 Å². The predicted molar refractivity (Wildman–Crippen MR) is 88.6 cm³/mol. The second-order valence-electron chi connectivity index (χ2n) is 5.06. The molecule has 0 radical (unpaired) electrons. The van der Waals surface area contributed by atoms with Gasteiger partial charge in [-0.1, -0.05) is 70.5 Å². The molecule has 112 valence electrons. The molecule has 1 unspecified atom stereocenters. The standard InChI is InChI=1S/C16H18BrO3P/c17-16(15-4-2-1-3-5-15)11-10-13-6-8-14(9-7-13)12-21(18,19)20/h1-9,16H,10-12H2,(H2,18,19,20). The van der Waals surface area contributed by atoms with Crippen molar-refractivity contribution in [3.05, 3.63) is 71.3 Å². The van der Waals surface area contributed by atoms with Gasteiger partial charge in [0.25, 0.3) is 0 Å². The van der Waals surface area contributed by atoms with Crippen molar-refractivity contribution in [2.45, 2.75) is 23.8 Å². The van der Waals surface area contributed by atoms with Crippen molar-refractivity contribution in [1.29, 1.82) is 0 Å². The topological polar surface area (TPSA) is 57.5 Å². The van der Waals surface area contributed by atoms with E-state index in [-0.39, 0.29) is 6.16 Å². The molecule has 0 fully saturated rings. The van der Waals surface area contributed by atoms with Crippen molar-refractivity contribution in [1.82, 2.24) is 0 Å². The minimum atomic E-state index is -3.98. The van der Waals surface area contributed by atoms with Crippen LogP contribution in [0.1, 0.15) is 27.9 Å². The lowest BCUT2D eigenvalue weighted by atomic mass is 10.0. The van der Waals surface area contributed by atoms with Crippen molar-refractivity contribution in [3.8, 4) is 0 Å². The zero-order chi connectivity index (χ0) is 15.3. The molecule has 5 heteroatoms. The Morgan fingerprint density at radius 1 is 0.952 bits per heavy atom. The lowest BCUT2D eigenvalue weighted by molar-refractivity contribution is 0.371. The van der Waals surface area contributed by atoms with Crippen LogP contribution in [-0.2, 0) is 17.1 Å². The van der Waals surface area contributed by atoms with Crippen LogP contribution in [0.2, 0.25) is 0 Å². The average Bonchev–Trinajstić information content (AvgIpc) is 2.45.